The fraction of sp³-hybridized carbons (Fsp3) is 0.300. The number of carbonyl (C=O) groups excluding carboxylic acids is 1. The molecule has 0 radical (unpaired) electrons. The van der Waals surface area contributed by atoms with Crippen molar-refractivity contribution in [1.29, 1.82) is 0 Å². The van der Waals surface area contributed by atoms with E-state index in [2.05, 4.69) is 0 Å². The molecule has 0 saturated carbocycles. The van der Waals surface area contributed by atoms with E-state index in [-0.39, 0.29) is 29.6 Å². The van der Waals surface area contributed by atoms with Crippen LogP contribution in [-0.2, 0) is 11.2 Å². The number of carbonyl (C=O) groups is 1. The molecule has 0 aliphatic heterocycles. The Morgan fingerprint density at radius 2 is 2.07 bits per heavy atom. The molecule has 0 aromatic heterocycles. The largest absolute Gasteiger partial charge is 1.00 e. The number of aliphatic carboxylic acids is 1. The van der Waals surface area contributed by atoms with Crippen LogP contribution >= 0.6 is 0 Å². The smallest absolute Gasteiger partial charge is 0.547 e. The summed E-state index contributed by atoms with van der Waals surface area (Å²) in [5.74, 6) is -1.46. The van der Waals surface area contributed by atoms with Crippen LogP contribution in [0.2, 0.25) is 0 Å². The van der Waals surface area contributed by atoms with Gasteiger partial charge in [0.15, 0.2) is 0 Å². The Hall–Kier alpha value is -0.350. The molecule has 0 bridgehead atoms. The zero-order valence-electron chi connectivity index (χ0n) is 8.36. The number of carboxylic acid groups (broad SMARTS) is 1. The van der Waals surface area contributed by atoms with E-state index >= 15 is 0 Å². The average Bonchev–Trinajstić information content (AvgIpc) is 2.16. The van der Waals surface area contributed by atoms with Gasteiger partial charge in [-0.2, -0.15) is 0 Å². The van der Waals surface area contributed by atoms with Gasteiger partial charge in [0.1, 0.15) is 6.10 Å². The number of aliphatic hydroxyl groups excluding tert-OH is 1. The summed E-state index contributed by atoms with van der Waals surface area (Å²) in [6.07, 6.45) is -0.823. The van der Waals surface area contributed by atoms with Crippen LogP contribution in [-0.4, -0.2) is 11.1 Å². The Labute approximate surface area is 105 Å². The first-order valence-electron chi connectivity index (χ1n) is 4.13. The molecule has 0 amide bonds. The zero-order valence-corrected chi connectivity index (χ0v) is 10.4. The molecular weight excluding hydrogens is 191 g/mol. The molecule has 0 spiro atoms. The molecule has 70 valence electrons. The second-order valence-electron chi connectivity index (χ2n) is 2.77. The molecule has 0 saturated heterocycles. The van der Waals surface area contributed by atoms with Gasteiger partial charge < -0.3 is 15.0 Å². The average molecular weight is 202 g/mol. The molecule has 0 fully saturated rings. The Morgan fingerprint density at radius 1 is 1.50 bits per heavy atom. The van der Waals surface area contributed by atoms with Crippen LogP contribution in [0.15, 0.2) is 24.3 Å². The number of hydrogen-bond donors (Lipinski definition) is 1. The summed E-state index contributed by atoms with van der Waals surface area (Å²) in [5, 5.41) is 19.7. The maximum Gasteiger partial charge on any atom is 1.00 e. The summed E-state index contributed by atoms with van der Waals surface area (Å²) < 4.78 is 0. The van der Waals surface area contributed by atoms with Gasteiger partial charge in [-0.05, 0) is 17.5 Å². The van der Waals surface area contributed by atoms with Crippen LogP contribution in [0.4, 0.5) is 0 Å². The van der Waals surface area contributed by atoms with Crippen molar-refractivity contribution in [2.75, 3.05) is 0 Å². The standard InChI is InChI=1S/C10H12O3.Na/c1-2-7-5-3-4-6-8(7)9(11)10(12)13;/h3-6,9,11H,2H2,1H3,(H,12,13);/q;+1/p-1. The fourth-order valence-corrected chi connectivity index (χ4v) is 1.25. The van der Waals surface area contributed by atoms with Gasteiger partial charge in [-0.15, -0.1) is 0 Å². The first-order chi connectivity index (χ1) is 6.16. The summed E-state index contributed by atoms with van der Waals surface area (Å²) in [6.45, 7) is 1.90. The molecule has 14 heavy (non-hydrogen) atoms. The van der Waals surface area contributed by atoms with Crippen LogP contribution in [0.1, 0.15) is 24.2 Å². The molecule has 0 aliphatic carbocycles. The molecule has 1 N–H and O–H groups in total. The number of rotatable bonds is 3. The van der Waals surface area contributed by atoms with Gasteiger partial charge in [0, 0.05) is 0 Å². The van der Waals surface area contributed by atoms with Gasteiger partial charge in [0.05, 0.1) is 5.97 Å². The number of aliphatic hydroxyl groups is 1. The first-order valence-corrected chi connectivity index (χ1v) is 4.13. The summed E-state index contributed by atoms with van der Waals surface area (Å²) in [4.78, 5) is 10.4. The predicted molar refractivity (Wildman–Crippen MR) is 45.8 cm³/mol. The minimum absolute atomic E-state index is 0. The molecule has 0 heterocycles. The monoisotopic (exact) mass is 202 g/mol. The van der Waals surface area contributed by atoms with Gasteiger partial charge in [0.25, 0.3) is 0 Å². The molecule has 1 atom stereocenters. The molecule has 3 nitrogen and oxygen atoms in total. The SMILES string of the molecule is CCc1ccccc1C(O)C(=O)[O-].[Na+]. The second-order valence-corrected chi connectivity index (χ2v) is 2.77. The van der Waals surface area contributed by atoms with E-state index in [0.29, 0.717) is 12.0 Å². The van der Waals surface area contributed by atoms with Crippen molar-refractivity contribution in [2.24, 2.45) is 0 Å². The topological polar surface area (TPSA) is 60.4 Å². The van der Waals surface area contributed by atoms with Crippen molar-refractivity contribution in [1.82, 2.24) is 0 Å². The number of aryl methyl sites for hydroxylation is 1. The van der Waals surface area contributed by atoms with Crippen LogP contribution < -0.4 is 34.7 Å². The van der Waals surface area contributed by atoms with Gasteiger partial charge in [-0.25, -0.2) is 0 Å². The maximum atomic E-state index is 10.4. The second kappa shape index (κ2) is 6.19. The summed E-state index contributed by atoms with van der Waals surface area (Å²) in [6, 6.07) is 6.89. The Morgan fingerprint density at radius 3 is 2.57 bits per heavy atom. The summed E-state index contributed by atoms with van der Waals surface area (Å²) >= 11 is 0. The predicted octanol–water partition coefficient (Wildman–Crippen LogP) is -2.96. The zero-order chi connectivity index (χ0) is 9.84. The van der Waals surface area contributed by atoms with Crippen LogP contribution in [0.25, 0.3) is 0 Å². The minimum atomic E-state index is -1.52. The Kier molecular flexibility index (Phi) is 6.04. The van der Waals surface area contributed by atoms with E-state index in [4.69, 9.17) is 0 Å². The summed E-state index contributed by atoms with van der Waals surface area (Å²) in [7, 11) is 0. The van der Waals surface area contributed by atoms with Crippen molar-refractivity contribution in [3.05, 3.63) is 35.4 Å². The Bertz CT molecular complexity index is 312. The van der Waals surface area contributed by atoms with Crippen molar-refractivity contribution in [3.8, 4) is 0 Å². The normalized spacial score (nSPS) is 11.6. The van der Waals surface area contributed by atoms with E-state index in [1.807, 2.05) is 13.0 Å². The van der Waals surface area contributed by atoms with Crippen molar-refractivity contribution in [2.45, 2.75) is 19.4 Å². The molecule has 1 rings (SSSR count). The van der Waals surface area contributed by atoms with Crippen LogP contribution in [0.5, 0.6) is 0 Å². The van der Waals surface area contributed by atoms with Gasteiger partial charge in [-0.3, -0.25) is 0 Å². The maximum absolute atomic E-state index is 10.4. The molecule has 4 heteroatoms. The quantitative estimate of drug-likeness (QED) is 0.533. The molecule has 1 aromatic carbocycles. The number of carboxylic acids is 1. The van der Waals surface area contributed by atoms with E-state index in [0.717, 1.165) is 5.56 Å². The third kappa shape index (κ3) is 3.10. The molecule has 1 aromatic rings. The first kappa shape index (κ1) is 13.7. The van der Waals surface area contributed by atoms with Gasteiger partial charge in [-0.1, -0.05) is 31.2 Å². The molecule has 1 unspecified atom stereocenters. The fourth-order valence-electron chi connectivity index (χ4n) is 1.25. The number of benzene rings is 1. The van der Waals surface area contributed by atoms with E-state index in [1.54, 1.807) is 18.2 Å². The van der Waals surface area contributed by atoms with Gasteiger partial charge >= 0.3 is 29.6 Å². The minimum Gasteiger partial charge on any atom is -0.547 e. The van der Waals surface area contributed by atoms with Crippen molar-refractivity contribution >= 4 is 5.97 Å². The third-order valence-corrected chi connectivity index (χ3v) is 1.95. The van der Waals surface area contributed by atoms with E-state index in [1.165, 1.54) is 0 Å². The van der Waals surface area contributed by atoms with Crippen molar-refractivity contribution < 1.29 is 44.6 Å². The third-order valence-electron chi connectivity index (χ3n) is 1.95. The Balaban J connectivity index is 0.00000169. The molecule has 0 aliphatic rings. The van der Waals surface area contributed by atoms with E-state index in [9.17, 15) is 15.0 Å². The van der Waals surface area contributed by atoms with Crippen LogP contribution in [0.3, 0.4) is 0 Å². The summed E-state index contributed by atoms with van der Waals surface area (Å²) in [5.41, 5.74) is 1.25. The number of hydrogen-bond acceptors (Lipinski definition) is 3. The van der Waals surface area contributed by atoms with Crippen LogP contribution in [0, 0.1) is 0 Å². The van der Waals surface area contributed by atoms with Gasteiger partial charge in [0.2, 0.25) is 0 Å². The van der Waals surface area contributed by atoms with Crippen molar-refractivity contribution in [3.63, 3.8) is 0 Å². The van der Waals surface area contributed by atoms with E-state index < -0.39 is 12.1 Å². The molecular formula is C10H11NaO3.